The predicted molar refractivity (Wildman–Crippen MR) is 113 cm³/mol. The molecule has 1 aliphatic heterocycles. The van der Waals surface area contributed by atoms with Gasteiger partial charge >= 0.3 is 0 Å². The molecule has 152 valence electrons. The molecule has 1 amide bonds. The van der Waals surface area contributed by atoms with Gasteiger partial charge in [0.25, 0.3) is 5.91 Å². The molecule has 0 aliphatic carbocycles. The second-order valence-corrected chi connectivity index (χ2v) is 8.00. The Kier molecular flexibility index (Phi) is 5.55. The van der Waals surface area contributed by atoms with Crippen molar-refractivity contribution in [1.29, 1.82) is 0 Å². The fraction of sp³-hybridized carbons (Fsp3) is 0.333. The summed E-state index contributed by atoms with van der Waals surface area (Å²) in [5.41, 5.74) is 0.833. The highest BCUT2D eigenvalue weighted by molar-refractivity contribution is 7.22. The minimum Gasteiger partial charge on any atom is -0.497 e. The number of anilines is 1. The van der Waals surface area contributed by atoms with Crippen molar-refractivity contribution in [1.82, 2.24) is 9.88 Å². The van der Waals surface area contributed by atoms with E-state index in [1.165, 1.54) is 11.3 Å². The van der Waals surface area contributed by atoms with Crippen molar-refractivity contribution in [3.63, 3.8) is 0 Å². The number of likely N-dealkylation sites (N-methyl/N-ethyl adjacent to an activating group) is 1. The lowest BCUT2D eigenvalue weighted by Crippen LogP contribution is -2.48. The lowest BCUT2D eigenvalue weighted by molar-refractivity contribution is -0.127. The summed E-state index contributed by atoms with van der Waals surface area (Å²) in [4.78, 5) is 21.8. The molecule has 1 aliphatic rings. The van der Waals surface area contributed by atoms with Crippen LogP contribution in [0.3, 0.4) is 0 Å². The molecule has 1 atom stereocenters. The third-order valence-corrected chi connectivity index (χ3v) is 5.68. The summed E-state index contributed by atoms with van der Waals surface area (Å²) < 4.78 is 18.0. The van der Waals surface area contributed by atoms with Crippen LogP contribution in [0, 0.1) is 0 Å². The zero-order chi connectivity index (χ0) is 20.4. The maximum Gasteiger partial charge on any atom is 0.273 e. The first-order valence-electron chi connectivity index (χ1n) is 9.34. The highest BCUT2D eigenvalue weighted by atomic mass is 32.1. The van der Waals surface area contributed by atoms with Crippen molar-refractivity contribution < 1.29 is 19.0 Å². The number of amides is 1. The summed E-state index contributed by atoms with van der Waals surface area (Å²) in [6.07, 6.45) is -0.714. The molecule has 8 heteroatoms. The molecule has 0 N–H and O–H groups in total. The Hall–Kier alpha value is -2.84. The summed E-state index contributed by atoms with van der Waals surface area (Å²) in [7, 11) is 5.58. The molecule has 4 rings (SSSR count). The Balaban J connectivity index is 1.62. The highest BCUT2D eigenvalue weighted by Gasteiger charge is 2.33. The first-order valence-corrected chi connectivity index (χ1v) is 10.2. The summed E-state index contributed by atoms with van der Waals surface area (Å²) in [5, 5.41) is 0.641. The maximum absolute atomic E-state index is 13.4. The van der Waals surface area contributed by atoms with Gasteiger partial charge in [-0.15, -0.1) is 0 Å². The molecule has 0 saturated heterocycles. The van der Waals surface area contributed by atoms with Crippen LogP contribution in [0.25, 0.3) is 10.2 Å². The molecular formula is C21H23N3O4S. The van der Waals surface area contributed by atoms with E-state index in [1.807, 2.05) is 61.5 Å². The van der Waals surface area contributed by atoms with Gasteiger partial charge in [0, 0.05) is 13.1 Å². The third kappa shape index (κ3) is 4.13. The van der Waals surface area contributed by atoms with Crippen LogP contribution in [0.15, 0.2) is 42.5 Å². The number of nitrogens with zero attached hydrogens (tertiary/aromatic N) is 3. The van der Waals surface area contributed by atoms with Crippen LogP contribution in [-0.4, -0.2) is 62.8 Å². The number of aromatic nitrogens is 1. The van der Waals surface area contributed by atoms with Gasteiger partial charge in [-0.2, -0.15) is 0 Å². The number of carbonyl (C=O) groups is 1. The lowest BCUT2D eigenvalue weighted by atomic mass is 10.2. The van der Waals surface area contributed by atoms with Gasteiger partial charge in [0.1, 0.15) is 12.4 Å². The van der Waals surface area contributed by atoms with E-state index in [0.717, 1.165) is 16.0 Å². The fourth-order valence-corrected chi connectivity index (χ4v) is 4.08. The van der Waals surface area contributed by atoms with E-state index < -0.39 is 6.10 Å². The van der Waals surface area contributed by atoms with Crippen molar-refractivity contribution in [2.75, 3.05) is 45.8 Å². The number of para-hydroxylation sites is 2. The Labute approximate surface area is 173 Å². The second kappa shape index (κ2) is 8.26. The molecular weight excluding hydrogens is 390 g/mol. The minimum atomic E-state index is -0.714. The van der Waals surface area contributed by atoms with Gasteiger partial charge in [-0.05, 0) is 44.4 Å². The number of methoxy groups -OCH3 is 1. The van der Waals surface area contributed by atoms with Crippen LogP contribution in [0.5, 0.6) is 17.2 Å². The molecule has 7 nitrogen and oxygen atoms in total. The average Bonchev–Trinajstić information content (AvgIpc) is 3.15. The van der Waals surface area contributed by atoms with Crippen LogP contribution in [0.1, 0.15) is 0 Å². The van der Waals surface area contributed by atoms with Crippen LogP contribution in [-0.2, 0) is 4.79 Å². The quantitative estimate of drug-likeness (QED) is 0.619. The first kappa shape index (κ1) is 19.5. The molecule has 3 aromatic rings. The summed E-state index contributed by atoms with van der Waals surface area (Å²) in [6, 6.07) is 13.1. The van der Waals surface area contributed by atoms with E-state index in [1.54, 1.807) is 12.0 Å². The monoisotopic (exact) mass is 413 g/mol. The van der Waals surface area contributed by atoms with E-state index >= 15 is 0 Å². The van der Waals surface area contributed by atoms with Gasteiger partial charge in [0.05, 0.1) is 17.3 Å². The Morgan fingerprint density at radius 1 is 1.21 bits per heavy atom. The third-order valence-electron chi connectivity index (χ3n) is 4.64. The van der Waals surface area contributed by atoms with Crippen LogP contribution >= 0.6 is 11.3 Å². The number of thiazole rings is 1. The molecule has 0 radical (unpaired) electrons. The number of fused-ring (bicyclic) bond motifs is 2. The van der Waals surface area contributed by atoms with Gasteiger partial charge < -0.3 is 19.1 Å². The van der Waals surface area contributed by atoms with Crippen LogP contribution < -0.4 is 19.1 Å². The Bertz CT molecular complexity index is 1020. The van der Waals surface area contributed by atoms with E-state index in [9.17, 15) is 4.79 Å². The molecule has 1 aromatic heterocycles. The van der Waals surface area contributed by atoms with Crippen molar-refractivity contribution in [3.8, 4) is 17.2 Å². The largest absolute Gasteiger partial charge is 0.497 e. The highest BCUT2D eigenvalue weighted by Crippen LogP contribution is 2.34. The van der Waals surface area contributed by atoms with Crippen molar-refractivity contribution in [2.24, 2.45) is 0 Å². The smallest absolute Gasteiger partial charge is 0.273 e. The molecule has 2 heterocycles. The average molecular weight is 413 g/mol. The molecule has 29 heavy (non-hydrogen) atoms. The number of benzene rings is 2. The summed E-state index contributed by atoms with van der Waals surface area (Å²) >= 11 is 1.46. The lowest BCUT2D eigenvalue weighted by Gasteiger charge is -2.30. The second-order valence-electron chi connectivity index (χ2n) is 6.99. The SMILES string of the molecule is COc1ccc2nc(N(CCN(C)C)C(=O)[C@H]3COc4ccccc4O3)sc2c1. The van der Waals surface area contributed by atoms with Gasteiger partial charge in [-0.3, -0.25) is 9.69 Å². The van der Waals surface area contributed by atoms with Gasteiger partial charge in [-0.25, -0.2) is 4.98 Å². The summed E-state index contributed by atoms with van der Waals surface area (Å²) in [5.74, 6) is 1.84. The van der Waals surface area contributed by atoms with E-state index in [0.29, 0.717) is 29.7 Å². The van der Waals surface area contributed by atoms with Crippen molar-refractivity contribution in [2.45, 2.75) is 6.10 Å². The standard InChI is InChI=1S/C21H23N3O4S/c1-23(2)10-11-24(21-22-15-9-8-14(26-3)12-19(15)29-21)20(25)18-13-27-16-6-4-5-7-17(16)28-18/h4-9,12,18H,10-11,13H2,1-3H3/t18-/m1/s1. The predicted octanol–water partition coefficient (Wildman–Crippen LogP) is 3.04. The maximum atomic E-state index is 13.4. The molecule has 0 unspecified atom stereocenters. The topological polar surface area (TPSA) is 64.1 Å². The molecule has 2 aromatic carbocycles. The molecule has 0 saturated carbocycles. The fourth-order valence-electron chi connectivity index (χ4n) is 3.05. The Morgan fingerprint density at radius 3 is 2.76 bits per heavy atom. The van der Waals surface area contributed by atoms with Gasteiger partial charge in [-0.1, -0.05) is 23.5 Å². The van der Waals surface area contributed by atoms with Gasteiger partial charge in [0.2, 0.25) is 6.10 Å². The first-order chi connectivity index (χ1) is 14.0. The van der Waals surface area contributed by atoms with E-state index in [2.05, 4.69) is 4.98 Å². The summed E-state index contributed by atoms with van der Waals surface area (Å²) in [6.45, 7) is 1.38. The zero-order valence-corrected chi connectivity index (χ0v) is 17.4. The van der Waals surface area contributed by atoms with E-state index in [4.69, 9.17) is 14.2 Å². The molecule has 0 fully saturated rings. The number of ether oxygens (including phenoxy) is 3. The number of rotatable bonds is 6. The number of carbonyl (C=O) groups excluding carboxylic acids is 1. The van der Waals surface area contributed by atoms with Gasteiger partial charge in [0.15, 0.2) is 16.6 Å². The van der Waals surface area contributed by atoms with Crippen LogP contribution in [0.2, 0.25) is 0 Å². The van der Waals surface area contributed by atoms with E-state index in [-0.39, 0.29) is 12.5 Å². The van der Waals surface area contributed by atoms with Crippen LogP contribution in [0.4, 0.5) is 5.13 Å². The van der Waals surface area contributed by atoms with Crippen molar-refractivity contribution in [3.05, 3.63) is 42.5 Å². The minimum absolute atomic E-state index is 0.160. The number of hydrogen-bond acceptors (Lipinski definition) is 7. The zero-order valence-electron chi connectivity index (χ0n) is 16.6. The molecule has 0 bridgehead atoms. The number of hydrogen-bond donors (Lipinski definition) is 0. The molecule has 0 spiro atoms. The van der Waals surface area contributed by atoms with Crippen molar-refractivity contribution >= 4 is 32.6 Å². The normalized spacial score (nSPS) is 15.5. The Morgan fingerprint density at radius 2 is 2.00 bits per heavy atom.